The number of halogens is 6. The van der Waals surface area contributed by atoms with E-state index in [4.69, 9.17) is 9.47 Å². The second-order valence-electron chi connectivity index (χ2n) is 6.84. The molecule has 1 N–H and O–H groups in total. The second kappa shape index (κ2) is 8.33. The van der Waals surface area contributed by atoms with Crippen LogP contribution in [0.25, 0.3) is 0 Å². The highest BCUT2D eigenvalue weighted by Gasteiger charge is 2.37. The Morgan fingerprint density at radius 1 is 0.966 bits per heavy atom. The number of ether oxygens (including phenoxy) is 2. The van der Waals surface area contributed by atoms with E-state index < -0.39 is 42.4 Å². The van der Waals surface area contributed by atoms with Crippen molar-refractivity contribution in [3.05, 3.63) is 70.8 Å². The molecule has 1 saturated heterocycles. The van der Waals surface area contributed by atoms with Gasteiger partial charge in [-0.2, -0.15) is 26.3 Å². The summed E-state index contributed by atoms with van der Waals surface area (Å²) in [5, 5.41) is 3.23. The van der Waals surface area contributed by atoms with Gasteiger partial charge in [-0.05, 0) is 36.2 Å². The molecule has 1 aliphatic heterocycles. The molecule has 0 aliphatic carbocycles. The molecule has 1 fully saturated rings. The smallest absolute Gasteiger partial charge is 0.346 e. The van der Waals surface area contributed by atoms with Crippen LogP contribution in [0.5, 0.6) is 0 Å². The Bertz CT molecular complexity index is 790. The number of nitrogens with one attached hydrogen (secondary N) is 1. The Morgan fingerprint density at radius 2 is 1.55 bits per heavy atom. The monoisotopic (exact) mass is 419 g/mol. The molecule has 0 spiro atoms. The van der Waals surface area contributed by atoms with Crippen molar-refractivity contribution in [3.63, 3.8) is 0 Å². The van der Waals surface area contributed by atoms with E-state index in [9.17, 15) is 26.3 Å². The molecule has 0 radical (unpaired) electrons. The highest BCUT2D eigenvalue weighted by molar-refractivity contribution is 5.33. The Kier molecular flexibility index (Phi) is 6.21. The van der Waals surface area contributed by atoms with E-state index in [2.05, 4.69) is 5.32 Å². The lowest BCUT2D eigenvalue weighted by molar-refractivity contribution is -0.208. The van der Waals surface area contributed by atoms with Crippen LogP contribution in [-0.2, 0) is 28.4 Å². The minimum atomic E-state index is -4.90. The van der Waals surface area contributed by atoms with Crippen molar-refractivity contribution in [1.29, 1.82) is 0 Å². The second-order valence-corrected chi connectivity index (χ2v) is 6.84. The van der Waals surface area contributed by atoms with Gasteiger partial charge in [-0.25, -0.2) is 0 Å². The maximum absolute atomic E-state index is 13.0. The standard InChI is InChI=1S/C20H19F6NO2/c1-12-10-27-17(14-5-3-2-4-6-14)18(29-12)28-11-13-7-15(19(21,22)23)9-16(8-13)20(24,25)26/h2-9,12,17-18,27H,10-11H2,1H3/t12-,17-,18-/m1/s1. The van der Waals surface area contributed by atoms with Gasteiger partial charge in [0, 0.05) is 6.54 Å². The summed E-state index contributed by atoms with van der Waals surface area (Å²) in [4.78, 5) is 0. The number of hydrogen-bond donors (Lipinski definition) is 1. The molecule has 2 aromatic rings. The molecule has 2 aromatic carbocycles. The van der Waals surface area contributed by atoms with Gasteiger partial charge in [0.2, 0.25) is 0 Å². The average molecular weight is 419 g/mol. The molecule has 3 rings (SSSR count). The number of benzene rings is 2. The first-order valence-electron chi connectivity index (χ1n) is 8.88. The minimum Gasteiger partial charge on any atom is -0.346 e. The SMILES string of the molecule is C[C@@H]1CN[C@H](c2ccccc2)[C@H](OCc2cc(C(F)(F)F)cc(C(F)(F)F)c2)O1. The van der Waals surface area contributed by atoms with Gasteiger partial charge in [0.1, 0.15) is 0 Å². The molecule has 3 atom stereocenters. The van der Waals surface area contributed by atoms with E-state index in [1.165, 1.54) is 0 Å². The number of morpholine rings is 1. The van der Waals surface area contributed by atoms with Crippen molar-refractivity contribution in [2.75, 3.05) is 6.54 Å². The van der Waals surface area contributed by atoms with Gasteiger partial charge < -0.3 is 14.8 Å². The average Bonchev–Trinajstić information content (AvgIpc) is 2.65. The normalized spacial score (nSPS) is 23.2. The predicted octanol–water partition coefficient (Wildman–Crippen LogP) is 5.32. The number of alkyl halides is 6. The molecule has 29 heavy (non-hydrogen) atoms. The fourth-order valence-corrected chi connectivity index (χ4v) is 3.10. The van der Waals surface area contributed by atoms with E-state index in [0.29, 0.717) is 18.7 Å². The largest absolute Gasteiger partial charge is 0.416 e. The first kappa shape index (κ1) is 21.6. The molecule has 1 aliphatic rings. The Labute approximate surface area is 163 Å². The van der Waals surface area contributed by atoms with Gasteiger partial charge in [0.05, 0.1) is 29.9 Å². The molecule has 158 valence electrons. The van der Waals surface area contributed by atoms with Crippen molar-refractivity contribution in [3.8, 4) is 0 Å². The maximum atomic E-state index is 13.0. The van der Waals surface area contributed by atoms with E-state index in [0.717, 1.165) is 5.56 Å². The third kappa shape index (κ3) is 5.49. The molecule has 3 nitrogen and oxygen atoms in total. The van der Waals surface area contributed by atoms with Crippen LogP contribution < -0.4 is 5.32 Å². The highest BCUT2D eigenvalue weighted by Crippen LogP contribution is 2.36. The molecule has 0 saturated carbocycles. The summed E-state index contributed by atoms with van der Waals surface area (Å²) < 4.78 is 89.5. The van der Waals surface area contributed by atoms with E-state index in [-0.39, 0.29) is 17.7 Å². The maximum Gasteiger partial charge on any atom is 0.416 e. The van der Waals surface area contributed by atoms with Crippen LogP contribution in [0.3, 0.4) is 0 Å². The molecule has 0 unspecified atom stereocenters. The van der Waals surface area contributed by atoms with Crippen LogP contribution >= 0.6 is 0 Å². The van der Waals surface area contributed by atoms with Crippen LogP contribution in [0.2, 0.25) is 0 Å². The van der Waals surface area contributed by atoms with Crippen LogP contribution in [0.15, 0.2) is 48.5 Å². The summed E-state index contributed by atoms with van der Waals surface area (Å²) in [6, 6.07) is 10.1. The molecule has 0 amide bonds. The lowest BCUT2D eigenvalue weighted by Gasteiger charge is -2.36. The fraction of sp³-hybridized carbons (Fsp3) is 0.400. The van der Waals surface area contributed by atoms with Crippen molar-refractivity contribution >= 4 is 0 Å². The van der Waals surface area contributed by atoms with Crippen molar-refractivity contribution < 1.29 is 35.8 Å². The molecule has 9 heteroatoms. The lowest BCUT2D eigenvalue weighted by atomic mass is 10.0. The Hall–Kier alpha value is -2.10. The zero-order valence-electron chi connectivity index (χ0n) is 15.3. The van der Waals surface area contributed by atoms with Crippen molar-refractivity contribution in [2.24, 2.45) is 0 Å². The lowest BCUT2D eigenvalue weighted by Crippen LogP contribution is -2.47. The van der Waals surface area contributed by atoms with E-state index in [1.54, 1.807) is 6.92 Å². The van der Waals surface area contributed by atoms with E-state index in [1.807, 2.05) is 30.3 Å². The third-order valence-electron chi connectivity index (χ3n) is 4.48. The third-order valence-corrected chi connectivity index (χ3v) is 4.48. The first-order valence-corrected chi connectivity index (χ1v) is 8.88. The molecule has 1 heterocycles. The van der Waals surface area contributed by atoms with Gasteiger partial charge in [-0.3, -0.25) is 0 Å². The first-order chi connectivity index (χ1) is 13.5. The van der Waals surface area contributed by atoms with Crippen LogP contribution in [0.4, 0.5) is 26.3 Å². The Morgan fingerprint density at radius 3 is 2.10 bits per heavy atom. The summed E-state index contributed by atoms with van der Waals surface area (Å²) in [6.07, 6.45) is -10.9. The molecular weight excluding hydrogens is 400 g/mol. The summed E-state index contributed by atoms with van der Waals surface area (Å²) in [5.74, 6) is 0. The molecule has 0 aromatic heterocycles. The van der Waals surface area contributed by atoms with Gasteiger partial charge in [0.25, 0.3) is 0 Å². The summed E-state index contributed by atoms with van der Waals surface area (Å²) in [6.45, 7) is 1.85. The fourth-order valence-electron chi connectivity index (χ4n) is 3.10. The van der Waals surface area contributed by atoms with Crippen molar-refractivity contribution in [1.82, 2.24) is 5.32 Å². The zero-order chi connectivity index (χ0) is 21.2. The van der Waals surface area contributed by atoms with Gasteiger partial charge >= 0.3 is 12.4 Å². The van der Waals surface area contributed by atoms with Gasteiger partial charge in [-0.1, -0.05) is 30.3 Å². The van der Waals surface area contributed by atoms with Gasteiger partial charge in [-0.15, -0.1) is 0 Å². The van der Waals surface area contributed by atoms with Crippen molar-refractivity contribution in [2.45, 2.75) is 44.3 Å². The summed E-state index contributed by atoms with van der Waals surface area (Å²) in [5.41, 5.74) is -2.15. The topological polar surface area (TPSA) is 30.5 Å². The zero-order valence-corrected chi connectivity index (χ0v) is 15.3. The Balaban J connectivity index is 1.83. The van der Waals surface area contributed by atoms with Crippen LogP contribution in [0.1, 0.15) is 35.2 Å². The quantitative estimate of drug-likeness (QED) is 0.681. The highest BCUT2D eigenvalue weighted by atomic mass is 19.4. The predicted molar refractivity (Wildman–Crippen MR) is 92.8 cm³/mol. The van der Waals surface area contributed by atoms with Gasteiger partial charge in [0.15, 0.2) is 6.29 Å². The summed E-state index contributed by atoms with van der Waals surface area (Å²) >= 11 is 0. The van der Waals surface area contributed by atoms with Crippen LogP contribution in [-0.4, -0.2) is 18.9 Å². The van der Waals surface area contributed by atoms with E-state index >= 15 is 0 Å². The molecular formula is C20H19F6NO2. The summed E-state index contributed by atoms with van der Waals surface area (Å²) in [7, 11) is 0. The van der Waals surface area contributed by atoms with Crippen LogP contribution in [0, 0.1) is 0 Å². The number of rotatable bonds is 4. The number of hydrogen-bond acceptors (Lipinski definition) is 3. The minimum absolute atomic E-state index is 0.0943. The molecule has 0 bridgehead atoms.